The van der Waals surface area contributed by atoms with Gasteiger partial charge in [-0.3, -0.25) is 14.9 Å². The Kier molecular flexibility index (Phi) is 4.61. The van der Waals surface area contributed by atoms with Gasteiger partial charge in [-0.1, -0.05) is 18.2 Å². The van der Waals surface area contributed by atoms with Crippen molar-refractivity contribution in [2.75, 3.05) is 0 Å². The number of carbonyl (C=O) groups excluding carboxylic acids is 1. The van der Waals surface area contributed by atoms with E-state index in [2.05, 4.69) is 15.7 Å². The van der Waals surface area contributed by atoms with E-state index in [1.165, 1.54) is 0 Å². The van der Waals surface area contributed by atoms with Crippen LogP contribution < -0.4 is 10.6 Å². The van der Waals surface area contributed by atoms with Crippen LogP contribution in [0.2, 0.25) is 0 Å². The first-order chi connectivity index (χ1) is 11.5. The summed E-state index contributed by atoms with van der Waals surface area (Å²) in [6.07, 6.45) is 2.88. The van der Waals surface area contributed by atoms with E-state index in [9.17, 15) is 9.59 Å². The Balaban J connectivity index is 1.65. The van der Waals surface area contributed by atoms with Crippen molar-refractivity contribution in [1.82, 2.24) is 20.4 Å². The van der Waals surface area contributed by atoms with E-state index in [0.29, 0.717) is 19.4 Å². The van der Waals surface area contributed by atoms with Crippen LogP contribution in [-0.4, -0.2) is 38.8 Å². The first-order valence-electron chi connectivity index (χ1n) is 7.91. The van der Waals surface area contributed by atoms with Crippen LogP contribution in [-0.2, 0) is 16.1 Å². The number of carboxylic acids is 1. The minimum absolute atomic E-state index is 0.176. The van der Waals surface area contributed by atoms with Gasteiger partial charge in [0.1, 0.15) is 6.04 Å². The summed E-state index contributed by atoms with van der Waals surface area (Å²) in [6.45, 7) is 2.29. The molecule has 1 aromatic carbocycles. The molecule has 7 heteroatoms. The molecular weight excluding hydrogens is 308 g/mol. The largest absolute Gasteiger partial charge is 0.480 e. The lowest BCUT2D eigenvalue weighted by Crippen LogP contribution is -2.44. The Hall–Kier alpha value is -2.67. The number of aliphatic carboxylic acids is 1. The summed E-state index contributed by atoms with van der Waals surface area (Å²) in [5.41, 5.74) is 2.78. The van der Waals surface area contributed by atoms with Gasteiger partial charge in [0.05, 0.1) is 17.4 Å². The molecule has 2 heterocycles. The summed E-state index contributed by atoms with van der Waals surface area (Å²) in [4.78, 5) is 23.2. The van der Waals surface area contributed by atoms with E-state index in [-0.39, 0.29) is 5.91 Å². The highest BCUT2D eigenvalue weighted by atomic mass is 16.4. The second-order valence-corrected chi connectivity index (χ2v) is 5.94. The third-order valence-electron chi connectivity index (χ3n) is 4.17. The zero-order valence-electron chi connectivity index (χ0n) is 13.4. The monoisotopic (exact) mass is 328 g/mol. The zero-order chi connectivity index (χ0) is 17.1. The lowest BCUT2D eigenvalue weighted by Gasteiger charge is -2.14. The van der Waals surface area contributed by atoms with E-state index in [0.717, 1.165) is 16.9 Å². The summed E-state index contributed by atoms with van der Waals surface area (Å²) >= 11 is 0. The fourth-order valence-corrected chi connectivity index (χ4v) is 2.88. The van der Waals surface area contributed by atoms with Crippen molar-refractivity contribution in [1.29, 1.82) is 0 Å². The molecule has 2 aromatic rings. The predicted molar refractivity (Wildman–Crippen MR) is 87.7 cm³/mol. The van der Waals surface area contributed by atoms with E-state index in [1.807, 2.05) is 43.5 Å². The highest BCUT2D eigenvalue weighted by Crippen LogP contribution is 2.16. The summed E-state index contributed by atoms with van der Waals surface area (Å²) < 4.78 is 1.78. The highest BCUT2D eigenvalue weighted by Gasteiger charge is 2.32. The first kappa shape index (κ1) is 16.2. The molecule has 0 spiro atoms. The molecule has 1 aromatic heterocycles. The van der Waals surface area contributed by atoms with Crippen LogP contribution in [0.4, 0.5) is 0 Å². The molecule has 0 saturated carbocycles. The number of aromatic nitrogens is 2. The fraction of sp³-hybridized carbons (Fsp3) is 0.353. The van der Waals surface area contributed by atoms with E-state index in [4.69, 9.17) is 5.11 Å². The number of aryl methyl sites for hydroxylation is 1. The Bertz CT molecular complexity index is 756. The van der Waals surface area contributed by atoms with Crippen LogP contribution in [0.25, 0.3) is 5.69 Å². The van der Waals surface area contributed by atoms with E-state index >= 15 is 0 Å². The molecule has 0 bridgehead atoms. The van der Waals surface area contributed by atoms with Crippen molar-refractivity contribution in [2.24, 2.45) is 0 Å². The number of carbonyl (C=O) groups is 2. The third-order valence-corrected chi connectivity index (χ3v) is 4.17. The molecular formula is C17H20N4O3. The molecule has 3 rings (SSSR count). The van der Waals surface area contributed by atoms with Crippen molar-refractivity contribution < 1.29 is 14.7 Å². The molecule has 1 aliphatic heterocycles. The molecule has 1 fully saturated rings. The van der Waals surface area contributed by atoms with Crippen LogP contribution in [0.3, 0.4) is 0 Å². The number of nitrogens with one attached hydrogen (secondary N) is 2. The Morgan fingerprint density at radius 2 is 2.04 bits per heavy atom. The molecule has 126 valence electrons. The summed E-state index contributed by atoms with van der Waals surface area (Å²) in [7, 11) is 0. The summed E-state index contributed by atoms with van der Waals surface area (Å²) in [6, 6.07) is 8.55. The molecule has 7 nitrogen and oxygen atoms in total. The number of nitrogens with zero attached hydrogens (tertiary/aromatic N) is 2. The number of hydrogen-bond acceptors (Lipinski definition) is 4. The van der Waals surface area contributed by atoms with Crippen molar-refractivity contribution in [3.8, 4) is 5.69 Å². The average molecular weight is 328 g/mol. The molecule has 1 aliphatic rings. The van der Waals surface area contributed by atoms with Gasteiger partial charge in [-0.15, -0.1) is 0 Å². The van der Waals surface area contributed by atoms with Crippen molar-refractivity contribution >= 4 is 11.9 Å². The maximum absolute atomic E-state index is 12.2. The second kappa shape index (κ2) is 6.84. The number of rotatable bonds is 5. The molecule has 2 atom stereocenters. The van der Waals surface area contributed by atoms with Gasteiger partial charge in [0.25, 0.3) is 0 Å². The molecule has 1 amide bonds. The number of carboxylic acid groups (broad SMARTS) is 1. The van der Waals surface area contributed by atoms with Gasteiger partial charge in [-0.25, -0.2) is 4.68 Å². The number of hydrogen-bond donors (Lipinski definition) is 3. The molecule has 3 N–H and O–H groups in total. The van der Waals surface area contributed by atoms with Crippen LogP contribution >= 0.6 is 0 Å². The van der Waals surface area contributed by atoms with E-state index < -0.39 is 18.1 Å². The number of para-hydroxylation sites is 1. The van der Waals surface area contributed by atoms with Crippen LogP contribution in [0, 0.1) is 6.92 Å². The Labute approximate surface area is 139 Å². The molecule has 1 saturated heterocycles. The average Bonchev–Trinajstić information content (AvgIpc) is 3.22. The number of benzene rings is 1. The lowest BCUT2D eigenvalue weighted by molar-refractivity contribution is -0.139. The number of amides is 1. The smallest absolute Gasteiger partial charge is 0.320 e. The van der Waals surface area contributed by atoms with Gasteiger partial charge in [-0.05, 0) is 37.5 Å². The zero-order valence-corrected chi connectivity index (χ0v) is 13.4. The molecule has 0 radical (unpaired) electrons. The van der Waals surface area contributed by atoms with E-state index in [1.54, 1.807) is 4.68 Å². The summed E-state index contributed by atoms with van der Waals surface area (Å²) in [5, 5.41) is 19.1. The maximum atomic E-state index is 12.2. The standard InChI is InChI=1S/C17H20N4O3/c1-11-8-9-21(20-11)15-5-3-2-4-12(15)10-18-16(22)13-6-7-14(19-13)17(23)24/h2-5,8-9,13-14,19H,6-7,10H2,1H3,(H,18,22)(H,23,24)/t13-,14+/m1/s1. The van der Waals surface area contributed by atoms with Gasteiger partial charge in [0.15, 0.2) is 0 Å². The van der Waals surface area contributed by atoms with Gasteiger partial charge in [0, 0.05) is 12.7 Å². The normalized spacial score (nSPS) is 20.0. The first-order valence-corrected chi connectivity index (χ1v) is 7.91. The van der Waals surface area contributed by atoms with Crippen LogP contribution in [0.1, 0.15) is 24.1 Å². The molecule has 24 heavy (non-hydrogen) atoms. The predicted octanol–water partition coefficient (Wildman–Crippen LogP) is 1.00. The highest BCUT2D eigenvalue weighted by molar-refractivity contribution is 5.84. The van der Waals surface area contributed by atoms with Gasteiger partial charge in [-0.2, -0.15) is 5.10 Å². The van der Waals surface area contributed by atoms with Crippen molar-refractivity contribution in [2.45, 2.75) is 38.4 Å². The minimum atomic E-state index is -0.912. The quantitative estimate of drug-likeness (QED) is 0.761. The minimum Gasteiger partial charge on any atom is -0.480 e. The van der Waals surface area contributed by atoms with Crippen molar-refractivity contribution in [3.05, 3.63) is 47.8 Å². The lowest BCUT2D eigenvalue weighted by atomic mass is 10.1. The fourth-order valence-electron chi connectivity index (χ4n) is 2.88. The topological polar surface area (TPSA) is 96.2 Å². The third kappa shape index (κ3) is 3.46. The van der Waals surface area contributed by atoms with Gasteiger partial charge >= 0.3 is 5.97 Å². The molecule has 0 aliphatic carbocycles. The summed E-state index contributed by atoms with van der Waals surface area (Å²) in [5.74, 6) is -1.09. The maximum Gasteiger partial charge on any atom is 0.320 e. The Morgan fingerprint density at radius 1 is 1.29 bits per heavy atom. The van der Waals surface area contributed by atoms with Crippen LogP contribution in [0.15, 0.2) is 36.5 Å². The molecule has 0 unspecified atom stereocenters. The van der Waals surface area contributed by atoms with Crippen molar-refractivity contribution in [3.63, 3.8) is 0 Å². The van der Waals surface area contributed by atoms with Gasteiger partial charge < -0.3 is 10.4 Å². The second-order valence-electron chi connectivity index (χ2n) is 5.94. The Morgan fingerprint density at radius 3 is 2.71 bits per heavy atom. The van der Waals surface area contributed by atoms with Gasteiger partial charge in [0.2, 0.25) is 5.91 Å². The van der Waals surface area contributed by atoms with Crippen LogP contribution in [0.5, 0.6) is 0 Å². The SMILES string of the molecule is Cc1ccn(-c2ccccc2CNC(=O)[C@H]2CC[C@@H](C(=O)O)N2)n1.